The molecule has 0 amide bonds. The Morgan fingerprint density at radius 3 is 1.26 bits per heavy atom. The second kappa shape index (κ2) is 16.5. The van der Waals surface area contributed by atoms with Gasteiger partial charge in [0.25, 0.3) is 0 Å². The molecule has 0 heterocycles. The van der Waals surface area contributed by atoms with Gasteiger partial charge >= 0.3 is 17.1 Å². The summed E-state index contributed by atoms with van der Waals surface area (Å²) >= 11 is 0. The fourth-order valence-electron chi connectivity index (χ4n) is 5.80. The predicted molar refractivity (Wildman–Crippen MR) is 187 cm³/mol. The van der Waals surface area contributed by atoms with Gasteiger partial charge in [0.15, 0.2) is 0 Å². The van der Waals surface area contributed by atoms with E-state index in [1.54, 1.807) is 0 Å². The van der Waals surface area contributed by atoms with Gasteiger partial charge < -0.3 is 0 Å². The van der Waals surface area contributed by atoms with E-state index in [0.717, 1.165) is 0 Å². The second-order valence-electron chi connectivity index (χ2n) is 11.1. The summed E-state index contributed by atoms with van der Waals surface area (Å²) in [4.78, 5) is 0. The third-order valence-electron chi connectivity index (χ3n) is 7.46. The second-order valence-corrected chi connectivity index (χ2v) is 15.8. The summed E-state index contributed by atoms with van der Waals surface area (Å²) in [6, 6.07) is 36.4. The van der Waals surface area contributed by atoms with Crippen molar-refractivity contribution >= 4 is 37.1 Å². The van der Waals surface area contributed by atoms with Crippen LogP contribution in [0, 0.1) is 90.6 Å². The third-order valence-corrected chi connectivity index (χ3v) is 12.7. The zero-order chi connectivity index (χ0) is 29.5. The molecular formula is C40H40FeP2+2. The molecule has 2 fully saturated rings. The maximum atomic E-state index is 2.46. The van der Waals surface area contributed by atoms with Crippen molar-refractivity contribution in [3.05, 3.63) is 182 Å². The van der Waals surface area contributed by atoms with Crippen molar-refractivity contribution in [1.29, 1.82) is 0 Å². The Labute approximate surface area is 275 Å². The molecule has 6 rings (SSSR count). The van der Waals surface area contributed by atoms with Crippen LogP contribution in [-0.2, 0) is 17.1 Å². The summed E-state index contributed by atoms with van der Waals surface area (Å²) in [7, 11) is -1.24. The smallest absolute Gasteiger partial charge is 0.0622 e. The fraction of sp³-hybridized carbons (Fsp3) is 0.150. The Morgan fingerprint density at radius 1 is 0.465 bits per heavy atom. The minimum absolute atomic E-state index is 0. The Kier molecular flexibility index (Phi) is 13.1. The first kappa shape index (κ1) is 34.1. The van der Waals surface area contributed by atoms with Crippen LogP contribution in [0.3, 0.4) is 0 Å². The molecule has 0 unspecified atom stereocenters. The summed E-state index contributed by atoms with van der Waals surface area (Å²) in [6.45, 7) is 11.4. The van der Waals surface area contributed by atoms with Crippen LogP contribution in [0.2, 0.25) is 0 Å². The first-order valence-corrected chi connectivity index (χ1v) is 17.4. The van der Waals surface area contributed by atoms with E-state index in [2.05, 4.69) is 151 Å². The number of rotatable bonds is 7. The molecule has 10 radical (unpaired) electrons. The van der Waals surface area contributed by atoms with Gasteiger partial charge in [0.2, 0.25) is 0 Å². The van der Waals surface area contributed by atoms with E-state index < -0.39 is 15.8 Å². The Morgan fingerprint density at radius 2 is 0.860 bits per heavy atom. The summed E-state index contributed by atoms with van der Waals surface area (Å²) in [6.07, 6.45) is 17.1. The van der Waals surface area contributed by atoms with Gasteiger partial charge in [0.1, 0.15) is 0 Å². The van der Waals surface area contributed by atoms with E-state index in [1.807, 2.05) is 32.1 Å². The minimum atomic E-state index is -0.639. The molecule has 3 heteroatoms. The monoisotopic (exact) mass is 638 g/mol. The van der Waals surface area contributed by atoms with Crippen molar-refractivity contribution in [2.24, 2.45) is 0 Å². The maximum Gasteiger partial charge on any atom is 2.00 e. The van der Waals surface area contributed by atoms with E-state index in [9.17, 15) is 0 Å². The zero-order valence-corrected chi connectivity index (χ0v) is 28.6. The van der Waals surface area contributed by atoms with Crippen molar-refractivity contribution < 1.29 is 17.1 Å². The van der Waals surface area contributed by atoms with Gasteiger partial charge in [-0.25, -0.2) is 0 Å². The van der Waals surface area contributed by atoms with Gasteiger partial charge in [0, 0.05) is 5.66 Å². The normalized spacial score (nSPS) is 16.2. The van der Waals surface area contributed by atoms with E-state index in [-0.39, 0.29) is 17.1 Å². The molecule has 2 aliphatic carbocycles. The Bertz CT molecular complexity index is 1270. The number of benzene rings is 4. The molecule has 2 saturated carbocycles. The van der Waals surface area contributed by atoms with Crippen molar-refractivity contribution in [3.63, 3.8) is 0 Å². The summed E-state index contributed by atoms with van der Waals surface area (Å²) < 4.78 is 0. The van der Waals surface area contributed by atoms with Crippen LogP contribution in [0.15, 0.2) is 97.1 Å². The Hall–Kier alpha value is -1.74. The first-order chi connectivity index (χ1) is 20.4. The molecule has 0 saturated heterocycles. The predicted octanol–water partition coefficient (Wildman–Crippen LogP) is 8.63. The Balaban J connectivity index is 0.000000641. The molecule has 1 atom stereocenters. The first-order valence-electron chi connectivity index (χ1n) is 14.7. The molecule has 0 aromatic heterocycles. The summed E-state index contributed by atoms with van der Waals surface area (Å²) in [5, 5.41) is 5.76. The molecule has 0 spiro atoms. The molecule has 0 aliphatic heterocycles. The average molecular weight is 639 g/mol. The molecule has 4 aromatic carbocycles. The molecule has 4 aromatic rings. The van der Waals surface area contributed by atoms with Gasteiger partial charge in [0.05, 0.1) is 0 Å². The zero-order valence-electron chi connectivity index (χ0n) is 25.7. The van der Waals surface area contributed by atoms with Crippen molar-refractivity contribution in [1.82, 2.24) is 0 Å². The van der Waals surface area contributed by atoms with E-state index in [4.69, 9.17) is 0 Å². The van der Waals surface area contributed by atoms with Crippen molar-refractivity contribution in [2.45, 2.75) is 40.3 Å². The van der Waals surface area contributed by atoms with Gasteiger partial charge in [-0.2, -0.15) is 0 Å². The summed E-state index contributed by atoms with van der Waals surface area (Å²) in [5.74, 6) is 1.49. The van der Waals surface area contributed by atoms with Crippen molar-refractivity contribution in [2.75, 3.05) is 0 Å². The number of aryl methyl sites for hydroxylation is 4. The fourth-order valence-corrected chi connectivity index (χ4v) is 11.5. The number of hydrogen-bond acceptors (Lipinski definition) is 0. The molecule has 0 bridgehead atoms. The van der Waals surface area contributed by atoms with Gasteiger partial charge in [-0.15, -0.1) is 0 Å². The van der Waals surface area contributed by atoms with Gasteiger partial charge in [-0.05, 0) is 128 Å². The average Bonchev–Trinajstić information content (AvgIpc) is 3.70. The summed E-state index contributed by atoms with van der Waals surface area (Å²) in [5.41, 5.74) is 7.26. The van der Waals surface area contributed by atoms with E-state index in [1.165, 1.54) is 55.0 Å². The largest absolute Gasteiger partial charge is 2.00 e. The molecular weight excluding hydrogens is 598 g/mol. The molecule has 216 valence electrons. The van der Waals surface area contributed by atoms with Crippen LogP contribution in [0.5, 0.6) is 0 Å². The van der Waals surface area contributed by atoms with Crippen LogP contribution in [0.4, 0.5) is 0 Å². The molecule has 2 aliphatic rings. The number of hydrogen-bond donors (Lipinski definition) is 0. The van der Waals surface area contributed by atoms with Gasteiger partial charge in [-0.3, -0.25) is 0 Å². The SMILES string of the molecule is Cc1cc(C)cc(P(c2cc(C)cc(C)c2)[C@H](C)[C]2[CH][CH][CH][C]2P(c2ccccc2)c2ccccc2)c1.[CH]1[CH][CH][CH][CH]1.[Fe+2]. The molecule has 0 N–H and O–H groups in total. The van der Waals surface area contributed by atoms with Crippen molar-refractivity contribution in [3.8, 4) is 0 Å². The van der Waals surface area contributed by atoms with E-state index in [0.29, 0.717) is 5.66 Å². The van der Waals surface area contributed by atoms with Crippen LogP contribution in [0.1, 0.15) is 29.2 Å². The van der Waals surface area contributed by atoms with Crippen LogP contribution in [0.25, 0.3) is 0 Å². The topological polar surface area (TPSA) is 0 Å². The molecule has 43 heavy (non-hydrogen) atoms. The quantitative estimate of drug-likeness (QED) is 0.141. The third kappa shape index (κ3) is 8.92. The maximum absolute atomic E-state index is 2.46. The van der Waals surface area contributed by atoms with Gasteiger partial charge in [-0.1, -0.05) is 126 Å². The standard InChI is InChI=1S/C35H35P2.C5H5.Fe/c1-25-19-26(2)22-32(21-25)36(33-23-27(3)20-28(4)24-33)29(5)34-17-12-18-35(34)37(30-13-8-6-9-14-30)31-15-10-7-11-16-31;1-2-4-5-3-1;/h6-24,29H,1-5H3;1-5H;/q;;+2/t29-;;/m1../s1. The van der Waals surface area contributed by atoms with Crippen LogP contribution >= 0.6 is 15.8 Å². The minimum Gasteiger partial charge on any atom is -0.0622 e. The van der Waals surface area contributed by atoms with Crippen LogP contribution < -0.4 is 21.2 Å². The van der Waals surface area contributed by atoms with Crippen LogP contribution in [-0.4, -0.2) is 5.66 Å². The van der Waals surface area contributed by atoms with E-state index >= 15 is 0 Å². The molecule has 0 nitrogen and oxygen atoms in total.